The summed E-state index contributed by atoms with van der Waals surface area (Å²) in [7, 11) is 0. The summed E-state index contributed by atoms with van der Waals surface area (Å²) in [6.07, 6.45) is 3.58. The quantitative estimate of drug-likeness (QED) is 0.279. The van der Waals surface area contributed by atoms with Gasteiger partial charge < -0.3 is 28.8 Å². The molecule has 0 aromatic rings. The molecule has 0 saturated carbocycles. The smallest absolute Gasteiger partial charge is 0.373 e. The predicted octanol–water partition coefficient (Wildman–Crippen LogP) is 2.30. The number of hydrogen-bond acceptors (Lipinski definition) is 7. The molecule has 0 aromatic heterocycles. The van der Waals surface area contributed by atoms with E-state index >= 15 is 0 Å². The maximum Gasteiger partial charge on any atom is 0.373 e. The van der Waals surface area contributed by atoms with Crippen LogP contribution >= 0.6 is 0 Å². The van der Waals surface area contributed by atoms with Crippen LogP contribution in [0.5, 0.6) is 0 Å². The van der Waals surface area contributed by atoms with Crippen LogP contribution in [0.4, 0.5) is 0 Å². The van der Waals surface area contributed by atoms with E-state index in [2.05, 4.69) is 20.4 Å². The van der Waals surface area contributed by atoms with Crippen LogP contribution < -0.4 is 0 Å². The monoisotopic (exact) mass is 386 g/mol. The first-order chi connectivity index (χ1) is 13.0. The minimum atomic E-state index is -0.520. The zero-order valence-electron chi connectivity index (χ0n) is 16.7. The van der Waals surface area contributed by atoms with E-state index in [1.54, 1.807) is 0 Å². The molecule has 1 aliphatic heterocycles. The predicted molar refractivity (Wildman–Crippen MR) is 101 cm³/mol. The highest BCUT2D eigenvalue weighted by atomic mass is 16.7. The lowest BCUT2D eigenvalue weighted by Gasteiger charge is -2.38. The molecule has 0 aliphatic carbocycles. The van der Waals surface area contributed by atoms with Gasteiger partial charge in [0.05, 0.1) is 26.4 Å². The number of aliphatic hydroxyl groups excluding tert-OH is 1. The number of allylic oxidation sites excluding steroid dienone is 1. The third kappa shape index (κ3) is 8.43. The maximum absolute atomic E-state index is 12.2. The standard InChI is InChI=1S/C20H34O7/c1-5-9-26-19(22)18-14-17(15(3)4)16(20(27-18)25-6-2)7-10-23-12-13-24-11-8-21/h5,14-17,20-21H,1,6-13H2,2-4H3/t16-,17-,20-/m0/s1. The summed E-state index contributed by atoms with van der Waals surface area (Å²) >= 11 is 0. The highest BCUT2D eigenvalue weighted by Gasteiger charge is 2.38. The first-order valence-corrected chi connectivity index (χ1v) is 9.59. The molecule has 0 saturated heterocycles. The van der Waals surface area contributed by atoms with Crippen LogP contribution in [0, 0.1) is 17.8 Å². The van der Waals surface area contributed by atoms with Crippen molar-refractivity contribution in [3.8, 4) is 0 Å². The molecule has 7 heteroatoms. The van der Waals surface area contributed by atoms with Crippen molar-refractivity contribution in [2.75, 3.05) is 46.2 Å². The number of esters is 1. The summed E-state index contributed by atoms with van der Waals surface area (Å²) < 4.78 is 27.5. The Morgan fingerprint density at radius 3 is 2.59 bits per heavy atom. The second kappa shape index (κ2) is 13.7. The van der Waals surface area contributed by atoms with Crippen LogP contribution in [-0.2, 0) is 28.5 Å². The zero-order chi connectivity index (χ0) is 20.1. The van der Waals surface area contributed by atoms with Gasteiger partial charge in [-0.2, -0.15) is 0 Å². The molecule has 1 heterocycles. The average molecular weight is 386 g/mol. The largest absolute Gasteiger partial charge is 0.457 e. The van der Waals surface area contributed by atoms with Crippen LogP contribution in [0.1, 0.15) is 27.2 Å². The average Bonchev–Trinajstić information content (AvgIpc) is 2.65. The fraction of sp³-hybridized carbons (Fsp3) is 0.750. The van der Waals surface area contributed by atoms with E-state index in [9.17, 15) is 4.79 Å². The molecule has 0 fully saturated rings. The number of ether oxygens (including phenoxy) is 5. The molecule has 156 valence electrons. The Kier molecular flexibility index (Phi) is 12.0. The fourth-order valence-corrected chi connectivity index (χ4v) is 3.00. The SMILES string of the molecule is C=CCOC(=O)C1=C[C@@H](C(C)C)[C@H](CCOCCOCCO)[C@@H](OCC)O1. The highest BCUT2D eigenvalue weighted by molar-refractivity contribution is 5.86. The van der Waals surface area contributed by atoms with E-state index in [4.69, 9.17) is 28.8 Å². The molecule has 7 nitrogen and oxygen atoms in total. The molecule has 0 unspecified atom stereocenters. The third-order valence-corrected chi connectivity index (χ3v) is 4.27. The van der Waals surface area contributed by atoms with Crippen molar-refractivity contribution >= 4 is 5.97 Å². The van der Waals surface area contributed by atoms with Crippen molar-refractivity contribution in [1.29, 1.82) is 0 Å². The van der Waals surface area contributed by atoms with Crippen LogP contribution in [0.25, 0.3) is 0 Å². The number of rotatable bonds is 14. The maximum atomic E-state index is 12.2. The molecule has 1 aliphatic rings. The molecule has 3 atom stereocenters. The highest BCUT2D eigenvalue weighted by Crippen LogP contribution is 2.36. The number of hydrogen-bond donors (Lipinski definition) is 1. The van der Waals surface area contributed by atoms with Crippen molar-refractivity contribution in [2.45, 2.75) is 33.5 Å². The molecule has 0 amide bonds. The number of carbonyl (C=O) groups excluding carboxylic acids is 1. The van der Waals surface area contributed by atoms with Gasteiger partial charge in [-0.1, -0.05) is 26.5 Å². The Balaban J connectivity index is 2.69. The van der Waals surface area contributed by atoms with Crippen molar-refractivity contribution < 1.29 is 33.6 Å². The van der Waals surface area contributed by atoms with Gasteiger partial charge in [-0.05, 0) is 31.3 Å². The lowest BCUT2D eigenvalue weighted by Crippen LogP contribution is -2.40. The van der Waals surface area contributed by atoms with Gasteiger partial charge >= 0.3 is 5.97 Å². The van der Waals surface area contributed by atoms with Gasteiger partial charge in [0.25, 0.3) is 0 Å². The second-order valence-corrected chi connectivity index (χ2v) is 6.58. The van der Waals surface area contributed by atoms with Crippen LogP contribution in [-0.4, -0.2) is 63.6 Å². The lowest BCUT2D eigenvalue weighted by atomic mass is 9.79. The molecular weight excluding hydrogens is 352 g/mol. The molecular formula is C20H34O7. The molecule has 0 radical (unpaired) electrons. The van der Waals surface area contributed by atoms with Crippen molar-refractivity contribution in [3.63, 3.8) is 0 Å². The minimum absolute atomic E-state index is 0.00935. The van der Waals surface area contributed by atoms with Gasteiger partial charge in [-0.15, -0.1) is 0 Å². The number of aliphatic hydroxyl groups is 1. The molecule has 0 spiro atoms. The van der Waals surface area contributed by atoms with E-state index in [-0.39, 0.29) is 30.8 Å². The van der Waals surface area contributed by atoms with Crippen molar-refractivity contribution in [1.82, 2.24) is 0 Å². The van der Waals surface area contributed by atoms with Gasteiger partial charge in [0.15, 0.2) is 0 Å². The molecule has 1 rings (SSSR count). The van der Waals surface area contributed by atoms with E-state index in [1.165, 1.54) is 6.08 Å². The summed E-state index contributed by atoms with van der Waals surface area (Å²) in [5.74, 6) is 0.177. The summed E-state index contributed by atoms with van der Waals surface area (Å²) in [4.78, 5) is 12.2. The lowest BCUT2D eigenvalue weighted by molar-refractivity contribution is -0.184. The van der Waals surface area contributed by atoms with E-state index < -0.39 is 12.3 Å². The minimum Gasteiger partial charge on any atom is -0.457 e. The summed E-state index contributed by atoms with van der Waals surface area (Å²) in [5, 5.41) is 8.67. The van der Waals surface area contributed by atoms with Gasteiger partial charge in [0.2, 0.25) is 12.0 Å². The van der Waals surface area contributed by atoms with Crippen LogP contribution in [0.15, 0.2) is 24.5 Å². The van der Waals surface area contributed by atoms with Crippen LogP contribution in [0.3, 0.4) is 0 Å². The zero-order valence-corrected chi connectivity index (χ0v) is 16.7. The normalized spacial score (nSPS) is 22.3. The summed E-state index contributed by atoms with van der Waals surface area (Å²) in [6.45, 7) is 12.1. The fourth-order valence-electron chi connectivity index (χ4n) is 3.00. The van der Waals surface area contributed by atoms with Gasteiger partial charge in [0.1, 0.15) is 6.61 Å². The van der Waals surface area contributed by atoms with E-state index in [0.29, 0.717) is 39.0 Å². The molecule has 1 N–H and O–H groups in total. The van der Waals surface area contributed by atoms with Gasteiger partial charge in [0, 0.05) is 19.1 Å². The summed E-state index contributed by atoms with van der Waals surface area (Å²) in [6, 6.07) is 0. The van der Waals surface area contributed by atoms with Gasteiger partial charge in [-0.3, -0.25) is 0 Å². The Labute approximate surface area is 162 Å². The second-order valence-electron chi connectivity index (χ2n) is 6.58. The third-order valence-electron chi connectivity index (χ3n) is 4.27. The summed E-state index contributed by atoms with van der Waals surface area (Å²) in [5.41, 5.74) is 0. The van der Waals surface area contributed by atoms with Gasteiger partial charge in [-0.25, -0.2) is 4.79 Å². The Bertz CT molecular complexity index is 461. The number of carbonyl (C=O) groups is 1. The first kappa shape index (κ1) is 23.6. The van der Waals surface area contributed by atoms with E-state index in [1.807, 2.05) is 13.0 Å². The van der Waals surface area contributed by atoms with Crippen LogP contribution in [0.2, 0.25) is 0 Å². The van der Waals surface area contributed by atoms with Crippen molar-refractivity contribution in [2.24, 2.45) is 17.8 Å². The van der Waals surface area contributed by atoms with Crippen molar-refractivity contribution in [3.05, 3.63) is 24.5 Å². The Morgan fingerprint density at radius 1 is 1.30 bits per heavy atom. The first-order valence-electron chi connectivity index (χ1n) is 9.59. The molecule has 27 heavy (non-hydrogen) atoms. The Morgan fingerprint density at radius 2 is 2.00 bits per heavy atom. The Hall–Kier alpha value is -1.41. The molecule has 0 bridgehead atoms. The topological polar surface area (TPSA) is 83.5 Å². The van der Waals surface area contributed by atoms with E-state index in [0.717, 1.165) is 6.42 Å². The molecule has 0 aromatic carbocycles.